The molecule has 3 aromatic rings. The third-order valence-electron chi connectivity index (χ3n) is 3.88. The molecule has 0 spiro atoms. The summed E-state index contributed by atoms with van der Waals surface area (Å²) in [5.74, 6) is 0.872. The van der Waals surface area contributed by atoms with Gasteiger partial charge in [-0.3, -0.25) is 0 Å². The highest BCUT2D eigenvalue weighted by molar-refractivity contribution is 5.47. The average Bonchev–Trinajstić information content (AvgIpc) is 2.85. The van der Waals surface area contributed by atoms with Gasteiger partial charge in [0.1, 0.15) is 11.4 Å². The van der Waals surface area contributed by atoms with Gasteiger partial charge < -0.3 is 14.9 Å². The number of aryl methyl sites for hydroxylation is 1. The van der Waals surface area contributed by atoms with Gasteiger partial charge in [-0.1, -0.05) is 12.1 Å². The standard InChI is InChI=1S/C18H21N3O/c1-13-8-10-21-17(7-9-19)16(20-18(21)11-13)12-14-3-5-15(22-2)6-4-14/h3-6,8,10-11H,7,9,12,19H2,1-2H3. The van der Waals surface area contributed by atoms with Crippen molar-refractivity contribution < 1.29 is 4.74 Å². The van der Waals surface area contributed by atoms with E-state index in [2.05, 4.69) is 41.8 Å². The first-order chi connectivity index (χ1) is 10.7. The molecule has 0 aliphatic carbocycles. The molecule has 0 radical (unpaired) electrons. The predicted octanol–water partition coefficient (Wildman–Crippen LogP) is 2.74. The van der Waals surface area contributed by atoms with Gasteiger partial charge in [-0.05, 0) is 48.9 Å². The summed E-state index contributed by atoms with van der Waals surface area (Å²) in [6, 6.07) is 12.3. The van der Waals surface area contributed by atoms with E-state index >= 15 is 0 Å². The van der Waals surface area contributed by atoms with Gasteiger partial charge in [0, 0.05) is 24.7 Å². The Labute approximate surface area is 130 Å². The molecule has 0 atom stereocenters. The SMILES string of the molecule is COc1ccc(Cc2nc3cc(C)ccn3c2CCN)cc1. The van der Waals surface area contributed by atoms with Crippen molar-refractivity contribution >= 4 is 5.65 Å². The minimum atomic E-state index is 0.622. The van der Waals surface area contributed by atoms with E-state index in [1.165, 1.54) is 16.8 Å². The fourth-order valence-electron chi connectivity index (χ4n) is 2.73. The van der Waals surface area contributed by atoms with E-state index in [9.17, 15) is 0 Å². The second-order valence-corrected chi connectivity index (χ2v) is 5.50. The number of nitrogens with two attached hydrogens (primary N) is 1. The summed E-state index contributed by atoms with van der Waals surface area (Å²) < 4.78 is 7.36. The second-order valence-electron chi connectivity index (χ2n) is 5.50. The van der Waals surface area contributed by atoms with Crippen molar-refractivity contribution in [2.24, 2.45) is 5.73 Å². The molecule has 1 aromatic carbocycles. The number of benzene rings is 1. The lowest BCUT2D eigenvalue weighted by Gasteiger charge is -2.05. The number of fused-ring (bicyclic) bond motifs is 1. The molecule has 0 saturated carbocycles. The van der Waals surface area contributed by atoms with Crippen LogP contribution in [0.5, 0.6) is 5.75 Å². The minimum absolute atomic E-state index is 0.622. The molecular formula is C18H21N3O. The lowest BCUT2D eigenvalue weighted by atomic mass is 10.1. The van der Waals surface area contributed by atoms with E-state index in [4.69, 9.17) is 15.5 Å². The zero-order chi connectivity index (χ0) is 15.5. The summed E-state index contributed by atoms with van der Waals surface area (Å²) in [6.45, 7) is 2.71. The summed E-state index contributed by atoms with van der Waals surface area (Å²) in [7, 11) is 1.68. The van der Waals surface area contributed by atoms with Gasteiger partial charge >= 0.3 is 0 Å². The quantitative estimate of drug-likeness (QED) is 0.787. The Morgan fingerprint density at radius 1 is 1.18 bits per heavy atom. The summed E-state index contributed by atoms with van der Waals surface area (Å²) in [5.41, 5.74) is 11.5. The monoisotopic (exact) mass is 295 g/mol. The van der Waals surface area contributed by atoms with Crippen LogP contribution < -0.4 is 10.5 Å². The summed E-state index contributed by atoms with van der Waals surface area (Å²) in [6.07, 6.45) is 3.72. The second kappa shape index (κ2) is 6.20. The fraction of sp³-hybridized carbons (Fsp3) is 0.278. The van der Waals surface area contributed by atoms with E-state index in [-0.39, 0.29) is 0 Å². The lowest BCUT2D eigenvalue weighted by molar-refractivity contribution is 0.414. The zero-order valence-corrected chi connectivity index (χ0v) is 13.0. The first-order valence-corrected chi connectivity index (χ1v) is 7.50. The van der Waals surface area contributed by atoms with Crippen molar-refractivity contribution in [2.75, 3.05) is 13.7 Å². The van der Waals surface area contributed by atoms with Crippen molar-refractivity contribution in [3.8, 4) is 5.75 Å². The largest absolute Gasteiger partial charge is 0.497 e. The number of aromatic nitrogens is 2. The molecule has 0 aliphatic heterocycles. The molecule has 2 heterocycles. The summed E-state index contributed by atoms with van der Waals surface area (Å²) in [4.78, 5) is 4.81. The maximum Gasteiger partial charge on any atom is 0.137 e. The van der Waals surface area contributed by atoms with Crippen LogP contribution in [0.3, 0.4) is 0 Å². The van der Waals surface area contributed by atoms with Crippen LogP contribution in [-0.2, 0) is 12.8 Å². The van der Waals surface area contributed by atoms with Gasteiger partial charge in [-0.2, -0.15) is 0 Å². The lowest BCUT2D eigenvalue weighted by Crippen LogP contribution is -2.07. The van der Waals surface area contributed by atoms with Crippen molar-refractivity contribution in [3.63, 3.8) is 0 Å². The van der Waals surface area contributed by atoms with Crippen LogP contribution >= 0.6 is 0 Å². The molecule has 0 amide bonds. The zero-order valence-electron chi connectivity index (χ0n) is 13.0. The van der Waals surface area contributed by atoms with Gasteiger partial charge in [0.05, 0.1) is 12.8 Å². The van der Waals surface area contributed by atoms with Crippen molar-refractivity contribution in [2.45, 2.75) is 19.8 Å². The molecule has 4 nitrogen and oxygen atoms in total. The predicted molar refractivity (Wildman–Crippen MR) is 88.5 cm³/mol. The molecule has 22 heavy (non-hydrogen) atoms. The van der Waals surface area contributed by atoms with Gasteiger partial charge in [0.25, 0.3) is 0 Å². The number of hydrogen-bond acceptors (Lipinski definition) is 3. The molecule has 0 unspecified atom stereocenters. The smallest absolute Gasteiger partial charge is 0.137 e. The van der Waals surface area contributed by atoms with Gasteiger partial charge in [-0.25, -0.2) is 4.98 Å². The number of rotatable bonds is 5. The van der Waals surface area contributed by atoms with E-state index in [1.807, 2.05) is 12.1 Å². The molecule has 2 N–H and O–H groups in total. The van der Waals surface area contributed by atoms with E-state index in [0.29, 0.717) is 6.54 Å². The third-order valence-corrected chi connectivity index (χ3v) is 3.88. The Morgan fingerprint density at radius 3 is 2.64 bits per heavy atom. The third kappa shape index (κ3) is 2.83. The van der Waals surface area contributed by atoms with Crippen LogP contribution in [-0.4, -0.2) is 23.0 Å². The van der Waals surface area contributed by atoms with Crippen LogP contribution in [0.25, 0.3) is 5.65 Å². The highest BCUT2D eigenvalue weighted by Gasteiger charge is 2.12. The molecular weight excluding hydrogens is 274 g/mol. The Bertz CT molecular complexity index is 775. The van der Waals surface area contributed by atoms with Crippen LogP contribution in [0, 0.1) is 6.92 Å². The number of imidazole rings is 1. The van der Waals surface area contributed by atoms with Crippen LogP contribution in [0.15, 0.2) is 42.6 Å². The first kappa shape index (κ1) is 14.6. The summed E-state index contributed by atoms with van der Waals surface area (Å²) in [5, 5.41) is 0. The number of methoxy groups -OCH3 is 1. The van der Waals surface area contributed by atoms with Crippen LogP contribution in [0.1, 0.15) is 22.5 Å². The van der Waals surface area contributed by atoms with Gasteiger partial charge in [0.15, 0.2) is 0 Å². The topological polar surface area (TPSA) is 52.5 Å². The molecule has 2 aromatic heterocycles. The maximum absolute atomic E-state index is 5.78. The highest BCUT2D eigenvalue weighted by atomic mass is 16.5. The van der Waals surface area contributed by atoms with E-state index in [0.717, 1.165) is 29.9 Å². The molecule has 4 heteroatoms. The Balaban J connectivity index is 1.99. The summed E-state index contributed by atoms with van der Waals surface area (Å²) >= 11 is 0. The fourth-order valence-corrected chi connectivity index (χ4v) is 2.73. The Morgan fingerprint density at radius 2 is 1.95 bits per heavy atom. The van der Waals surface area contributed by atoms with E-state index < -0.39 is 0 Å². The molecule has 0 saturated heterocycles. The van der Waals surface area contributed by atoms with Gasteiger partial charge in [0.2, 0.25) is 0 Å². The maximum atomic E-state index is 5.78. The Kier molecular flexibility index (Phi) is 4.11. The minimum Gasteiger partial charge on any atom is -0.497 e. The number of hydrogen-bond donors (Lipinski definition) is 1. The van der Waals surface area contributed by atoms with Crippen molar-refractivity contribution in [1.29, 1.82) is 0 Å². The van der Waals surface area contributed by atoms with E-state index in [1.54, 1.807) is 7.11 Å². The molecule has 0 aliphatic rings. The highest BCUT2D eigenvalue weighted by Crippen LogP contribution is 2.19. The first-order valence-electron chi connectivity index (χ1n) is 7.50. The number of pyridine rings is 1. The number of ether oxygens (including phenoxy) is 1. The normalized spacial score (nSPS) is 11.0. The van der Waals surface area contributed by atoms with Crippen molar-refractivity contribution in [3.05, 3.63) is 65.1 Å². The average molecular weight is 295 g/mol. The number of nitrogens with zero attached hydrogens (tertiary/aromatic N) is 2. The van der Waals surface area contributed by atoms with Crippen molar-refractivity contribution in [1.82, 2.24) is 9.38 Å². The Hall–Kier alpha value is -2.33. The molecule has 3 rings (SSSR count). The van der Waals surface area contributed by atoms with Gasteiger partial charge in [-0.15, -0.1) is 0 Å². The van der Waals surface area contributed by atoms with Crippen LogP contribution in [0.2, 0.25) is 0 Å². The molecule has 114 valence electrons. The molecule has 0 bridgehead atoms. The molecule has 0 fully saturated rings. The van der Waals surface area contributed by atoms with Crippen LogP contribution in [0.4, 0.5) is 0 Å².